The smallest absolute Gasteiger partial charge is 0.310 e. The predicted octanol–water partition coefficient (Wildman–Crippen LogP) is 2.99. The van der Waals surface area contributed by atoms with Crippen LogP contribution in [0.2, 0.25) is 0 Å². The SMILES string of the molecule is FC(F)(F)CCN1CCC(c2nnc(Cn3cccn3)n2C2CC2)CC1. The largest absolute Gasteiger partial charge is 0.390 e. The molecule has 1 saturated heterocycles. The molecule has 3 heterocycles. The fraction of sp³-hybridized carbons (Fsp3) is 0.706. The molecular formula is C17H23F3N6. The summed E-state index contributed by atoms with van der Waals surface area (Å²) in [4.78, 5) is 1.91. The monoisotopic (exact) mass is 368 g/mol. The molecule has 2 aromatic heterocycles. The molecule has 2 aromatic rings. The van der Waals surface area contributed by atoms with Crippen LogP contribution in [0, 0.1) is 0 Å². The van der Waals surface area contributed by atoms with Crippen molar-refractivity contribution in [3.05, 3.63) is 30.1 Å². The lowest BCUT2D eigenvalue weighted by atomic mass is 9.95. The Morgan fingerprint density at radius 3 is 2.46 bits per heavy atom. The van der Waals surface area contributed by atoms with Crippen LogP contribution < -0.4 is 0 Å². The third kappa shape index (κ3) is 4.08. The molecular weight excluding hydrogens is 345 g/mol. The van der Waals surface area contributed by atoms with E-state index in [1.54, 1.807) is 6.20 Å². The first-order chi connectivity index (χ1) is 12.5. The van der Waals surface area contributed by atoms with Gasteiger partial charge in [-0.3, -0.25) is 4.68 Å². The molecule has 0 aromatic carbocycles. The van der Waals surface area contributed by atoms with E-state index in [2.05, 4.69) is 19.9 Å². The van der Waals surface area contributed by atoms with Crippen LogP contribution in [0.3, 0.4) is 0 Å². The molecule has 0 atom stereocenters. The van der Waals surface area contributed by atoms with Gasteiger partial charge >= 0.3 is 6.18 Å². The molecule has 0 spiro atoms. The van der Waals surface area contributed by atoms with Crippen molar-refractivity contribution >= 4 is 0 Å². The van der Waals surface area contributed by atoms with Crippen molar-refractivity contribution in [2.45, 2.75) is 56.8 Å². The molecule has 0 N–H and O–H groups in total. The van der Waals surface area contributed by atoms with E-state index in [0.29, 0.717) is 25.7 Å². The van der Waals surface area contributed by atoms with Crippen molar-refractivity contribution in [1.29, 1.82) is 0 Å². The Balaban J connectivity index is 1.41. The van der Waals surface area contributed by atoms with Crippen LogP contribution in [0.4, 0.5) is 13.2 Å². The van der Waals surface area contributed by atoms with Crippen LogP contribution in [0.25, 0.3) is 0 Å². The van der Waals surface area contributed by atoms with Gasteiger partial charge in [-0.15, -0.1) is 10.2 Å². The lowest BCUT2D eigenvalue weighted by molar-refractivity contribution is -0.138. The highest BCUT2D eigenvalue weighted by Crippen LogP contribution is 2.40. The summed E-state index contributed by atoms with van der Waals surface area (Å²) in [5.41, 5.74) is 0. The maximum atomic E-state index is 12.4. The molecule has 0 bridgehead atoms. The summed E-state index contributed by atoms with van der Waals surface area (Å²) in [6.45, 7) is 2.07. The topological polar surface area (TPSA) is 51.8 Å². The Morgan fingerprint density at radius 2 is 1.85 bits per heavy atom. The third-order valence-corrected chi connectivity index (χ3v) is 5.23. The van der Waals surface area contributed by atoms with Gasteiger partial charge in [-0.2, -0.15) is 18.3 Å². The van der Waals surface area contributed by atoms with Crippen molar-refractivity contribution in [3.8, 4) is 0 Å². The Hall–Kier alpha value is -1.90. The molecule has 6 nitrogen and oxygen atoms in total. The van der Waals surface area contributed by atoms with Gasteiger partial charge in [-0.25, -0.2) is 0 Å². The number of piperidine rings is 1. The zero-order valence-electron chi connectivity index (χ0n) is 14.6. The molecule has 142 valence electrons. The van der Waals surface area contributed by atoms with Crippen LogP contribution in [0.5, 0.6) is 0 Å². The van der Waals surface area contributed by atoms with E-state index >= 15 is 0 Å². The highest BCUT2D eigenvalue weighted by atomic mass is 19.4. The summed E-state index contributed by atoms with van der Waals surface area (Å²) in [5, 5.41) is 13.1. The number of alkyl halides is 3. The van der Waals surface area contributed by atoms with Crippen LogP contribution in [0.15, 0.2) is 18.5 Å². The van der Waals surface area contributed by atoms with Crippen molar-refractivity contribution in [2.24, 2.45) is 0 Å². The number of hydrogen-bond acceptors (Lipinski definition) is 4. The molecule has 26 heavy (non-hydrogen) atoms. The van der Waals surface area contributed by atoms with E-state index in [0.717, 1.165) is 37.3 Å². The minimum Gasteiger partial charge on any atom is -0.310 e. The Morgan fingerprint density at radius 1 is 1.08 bits per heavy atom. The highest BCUT2D eigenvalue weighted by Gasteiger charge is 2.34. The molecule has 2 aliphatic rings. The lowest BCUT2D eigenvalue weighted by Crippen LogP contribution is -2.36. The second-order valence-corrected chi connectivity index (χ2v) is 7.26. The van der Waals surface area contributed by atoms with Gasteiger partial charge < -0.3 is 9.47 Å². The molecule has 0 radical (unpaired) electrons. The average molecular weight is 368 g/mol. The minimum absolute atomic E-state index is 0.0933. The van der Waals surface area contributed by atoms with Crippen molar-refractivity contribution < 1.29 is 13.2 Å². The van der Waals surface area contributed by atoms with Gasteiger partial charge in [0.05, 0.1) is 6.42 Å². The van der Waals surface area contributed by atoms with Crippen molar-refractivity contribution in [1.82, 2.24) is 29.4 Å². The summed E-state index contributed by atoms with van der Waals surface area (Å²) < 4.78 is 41.3. The third-order valence-electron chi connectivity index (χ3n) is 5.23. The molecule has 1 saturated carbocycles. The van der Waals surface area contributed by atoms with E-state index in [9.17, 15) is 13.2 Å². The summed E-state index contributed by atoms with van der Waals surface area (Å²) >= 11 is 0. The molecule has 9 heteroatoms. The average Bonchev–Trinajstić information content (AvgIpc) is 3.15. The van der Waals surface area contributed by atoms with E-state index in [-0.39, 0.29) is 12.5 Å². The van der Waals surface area contributed by atoms with E-state index in [4.69, 9.17) is 0 Å². The highest BCUT2D eigenvalue weighted by molar-refractivity contribution is 5.09. The first-order valence-electron chi connectivity index (χ1n) is 9.20. The summed E-state index contributed by atoms with van der Waals surface area (Å²) in [6.07, 6.45) is 2.80. The van der Waals surface area contributed by atoms with E-state index in [1.165, 1.54) is 0 Å². The second-order valence-electron chi connectivity index (χ2n) is 7.26. The fourth-order valence-electron chi connectivity index (χ4n) is 3.69. The van der Waals surface area contributed by atoms with E-state index in [1.807, 2.05) is 21.8 Å². The van der Waals surface area contributed by atoms with E-state index < -0.39 is 12.6 Å². The fourth-order valence-corrected chi connectivity index (χ4v) is 3.69. The van der Waals surface area contributed by atoms with Gasteiger partial charge in [0.2, 0.25) is 0 Å². The first-order valence-corrected chi connectivity index (χ1v) is 9.20. The Labute approximate surface area is 150 Å². The van der Waals surface area contributed by atoms with Crippen LogP contribution in [-0.4, -0.2) is 55.3 Å². The molecule has 1 aliphatic heterocycles. The lowest BCUT2D eigenvalue weighted by Gasteiger charge is -2.31. The van der Waals surface area contributed by atoms with Gasteiger partial charge in [-0.05, 0) is 44.8 Å². The standard InChI is InChI=1S/C17H23F3N6/c18-17(19,20)6-11-24-9-4-13(5-10-24)16-23-22-15(26(16)14-2-3-14)12-25-8-1-7-21-25/h1,7-8,13-14H,2-6,9-12H2. The molecule has 4 rings (SSSR count). The van der Waals surface area contributed by atoms with Crippen LogP contribution >= 0.6 is 0 Å². The second kappa shape index (κ2) is 7.02. The minimum atomic E-state index is -4.08. The van der Waals surface area contributed by atoms with Gasteiger partial charge in [0.15, 0.2) is 5.82 Å². The maximum absolute atomic E-state index is 12.4. The molecule has 0 unspecified atom stereocenters. The summed E-state index contributed by atoms with van der Waals surface area (Å²) in [5.74, 6) is 2.20. The summed E-state index contributed by atoms with van der Waals surface area (Å²) in [7, 11) is 0. The van der Waals surface area contributed by atoms with Crippen LogP contribution in [0.1, 0.15) is 55.7 Å². The van der Waals surface area contributed by atoms with Gasteiger partial charge in [-0.1, -0.05) is 0 Å². The van der Waals surface area contributed by atoms with Gasteiger partial charge in [0.1, 0.15) is 12.4 Å². The van der Waals surface area contributed by atoms with Crippen molar-refractivity contribution in [2.75, 3.05) is 19.6 Å². The zero-order chi connectivity index (χ0) is 18.1. The van der Waals surface area contributed by atoms with Gasteiger partial charge in [0.25, 0.3) is 0 Å². The maximum Gasteiger partial charge on any atom is 0.390 e. The summed E-state index contributed by atoms with van der Waals surface area (Å²) in [6, 6.07) is 2.35. The number of aromatic nitrogens is 5. The number of halogens is 3. The van der Waals surface area contributed by atoms with Crippen LogP contribution in [-0.2, 0) is 6.54 Å². The van der Waals surface area contributed by atoms with Crippen molar-refractivity contribution in [3.63, 3.8) is 0 Å². The molecule has 0 amide bonds. The Kier molecular flexibility index (Phi) is 4.73. The predicted molar refractivity (Wildman–Crippen MR) is 88.7 cm³/mol. The number of hydrogen-bond donors (Lipinski definition) is 0. The number of likely N-dealkylation sites (tertiary alicyclic amines) is 1. The van der Waals surface area contributed by atoms with Gasteiger partial charge in [0, 0.05) is 30.9 Å². The normalized spacial score (nSPS) is 20.0. The number of nitrogens with zero attached hydrogens (tertiary/aromatic N) is 6. The first kappa shape index (κ1) is 17.5. The zero-order valence-corrected chi connectivity index (χ0v) is 14.6. The molecule has 1 aliphatic carbocycles. The number of rotatable bonds is 6. The molecule has 2 fully saturated rings. The Bertz CT molecular complexity index is 711. The quantitative estimate of drug-likeness (QED) is 0.787.